The van der Waals surface area contributed by atoms with E-state index in [4.69, 9.17) is 11.0 Å². The highest BCUT2D eigenvalue weighted by molar-refractivity contribution is 5.69. The predicted octanol–water partition coefficient (Wildman–Crippen LogP) is 2.88. The quantitative estimate of drug-likeness (QED) is 0.747. The van der Waals surface area contributed by atoms with Gasteiger partial charge in [-0.25, -0.2) is 0 Å². The largest absolute Gasteiger partial charge is 0.399 e. The first-order chi connectivity index (χ1) is 7.79. The Kier molecular flexibility index (Phi) is 2.75. The van der Waals surface area contributed by atoms with E-state index in [9.17, 15) is 0 Å². The van der Waals surface area contributed by atoms with Crippen LogP contribution in [-0.4, -0.2) is 0 Å². The van der Waals surface area contributed by atoms with E-state index in [1.165, 1.54) is 0 Å². The van der Waals surface area contributed by atoms with E-state index >= 15 is 0 Å². The van der Waals surface area contributed by atoms with Crippen LogP contribution in [0.15, 0.2) is 48.5 Å². The fraction of sp³-hybridized carbons (Fsp3) is 0. The van der Waals surface area contributed by atoms with Crippen molar-refractivity contribution < 1.29 is 0 Å². The van der Waals surface area contributed by atoms with Gasteiger partial charge >= 0.3 is 0 Å². The lowest BCUT2D eigenvalue weighted by Crippen LogP contribution is -1.95. The van der Waals surface area contributed by atoms with Crippen molar-refractivity contribution in [2.75, 3.05) is 11.1 Å². The molecule has 0 saturated carbocycles. The maximum Gasteiger partial charge on any atom is 0.101 e. The molecule has 0 aromatic heterocycles. The number of nitrogens with zero attached hydrogens (tertiary/aromatic N) is 1. The Hall–Kier alpha value is -2.47. The summed E-state index contributed by atoms with van der Waals surface area (Å²) in [5.74, 6) is 0. The van der Waals surface area contributed by atoms with Gasteiger partial charge in [0.05, 0.1) is 11.3 Å². The Bertz CT molecular complexity index is 527. The van der Waals surface area contributed by atoms with Crippen LogP contribution in [0.25, 0.3) is 0 Å². The normalized spacial score (nSPS) is 9.44. The number of nitrogens with two attached hydrogens (primary N) is 1. The molecule has 0 saturated heterocycles. The fourth-order valence-corrected chi connectivity index (χ4v) is 1.44. The smallest absolute Gasteiger partial charge is 0.101 e. The molecule has 0 bridgehead atoms. The Balaban J connectivity index is 2.32. The highest BCUT2D eigenvalue weighted by atomic mass is 14.9. The number of hydrogen-bond acceptors (Lipinski definition) is 3. The SMILES string of the molecule is N#Cc1cc(N)ccc1Nc1ccccc1. The molecule has 3 N–H and O–H groups in total. The van der Waals surface area contributed by atoms with E-state index in [1.54, 1.807) is 18.2 Å². The van der Waals surface area contributed by atoms with Gasteiger partial charge < -0.3 is 11.1 Å². The van der Waals surface area contributed by atoms with E-state index in [0.717, 1.165) is 11.4 Å². The van der Waals surface area contributed by atoms with Gasteiger partial charge in [0, 0.05) is 11.4 Å². The van der Waals surface area contributed by atoms with Gasteiger partial charge in [0.2, 0.25) is 0 Å². The molecule has 0 atom stereocenters. The minimum absolute atomic E-state index is 0.545. The molecule has 3 nitrogen and oxygen atoms in total. The van der Waals surface area contributed by atoms with Gasteiger partial charge in [0.25, 0.3) is 0 Å². The molecule has 78 valence electrons. The lowest BCUT2D eigenvalue weighted by atomic mass is 10.1. The number of anilines is 3. The second-order valence-corrected chi connectivity index (χ2v) is 3.41. The van der Waals surface area contributed by atoms with E-state index in [2.05, 4.69) is 11.4 Å². The van der Waals surface area contributed by atoms with Crippen molar-refractivity contribution in [2.45, 2.75) is 0 Å². The first-order valence-corrected chi connectivity index (χ1v) is 4.91. The van der Waals surface area contributed by atoms with Crippen LogP contribution in [0.5, 0.6) is 0 Å². The van der Waals surface area contributed by atoms with Crippen molar-refractivity contribution in [3.8, 4) is 6.07 Å². The van der Waals surface area contributed by atoms with Crippen LogP contribution in [0.3, 0.4) is 0 Å². The number of nitriles is 1. The van der Waals surface area contributed by atoms with Gasteiger partial charge in [0.1, 0.15) is 6.07 Å². The zero-order valence-electron chi connectivity index (χ0n) is 8.64. The van der Waals surface area contributed by atoms with Gasteiger partial charge in [-0.3, -0.25) is 0 Å². The van der Waals surface area contributed by atoms with Crippen LogP contribution in [0.1, 0.15) is 5.56 Å². The number of hydrogen-bond donors (Lipinski definition) is 2. The average molecular weight is 209 g/mol. The second kappa shape index (κ2) is 4.37. The summed E-state index contributed by atoms with van der Waals surface area (Å²) in [5, 5.41) is 12.1. The van der Waals surface area contributed by atoms with Crippen LogP contribution in [0.4, 0.5) is 17.1 Å². The molecule has 0 unspecified atom stereocenters. The Morgan fingerprint density at radius 1 is 1.06 bits per heavy atom. The first-order valence-electron chi connectivity index (χ1n) is 4.91. The van der Waals surface area contributed by atoms with Crippen LogP contribution >= 0.6 is 0 Å². The zero-order valence-corrected chi connectivity index (χ0v) is 8.64. The van der Waals surface area contributed by atoms with E-state index in [1.807, 2.05) is 30.3 Å². The van der Waals surface area contributed by atoms with E-state index in [-0.39, 0.29) is 0 Å². The molecule has 2 aromatic rings. The van der Waals surface area contributed by atoms with Crippen molar-refractivity contribution in [3.63, 3.8) is 0 Å². The average Bonchev–Trinajstić information content (AvgIpc) is 2.33. The molecule has 0 radical (unpaired) electrons. The summed E-state index contributed by atoms with van der Waals surface area (Å²) in [5.41, 5.74) is 8.47. The monoisotopic (exact) mass is 209 g/mol. The number of nitrogen functional groups attached to an aromatic ring is 1. The standard InChI is InChI=1S/C13H11N3/c14-9-10-8-11(15)6-7-13(10)16-12-4-2-1-3-5-12/h1-8,16H,15H2. The third kappa shape index (κ3) is 2.12. The molecule has 0 heterocycles. The van der Waals surface area contributed by atoms with Crippen LogP contribution in [-0.2, 0) is 0 Å². The molecule has 0 spiro atoms. The molecule has 3 heteroatoms. The molecule has 2 aromatic carbocycles. The Morgan fingerprint density at radius 3 is 2.50 bits per heavy atom. The van der Waals surface area contributed by atoms with Crippen LogP contribution < -0.4 is 11.1 Å². The topological polar surface area (TPSA) is 61.8 Å². The Morgan fingerprint density at radius 2 is 1.81 bits per heavy atom. The van der Waals surface area contributed by atoms with Crippen molar-refractivity contribution >= 4 is 17.1 Å². The van der Waals surface area contributed by atoms with Gasteiger partial charge in [-0.15, -0.1) is 0 Å². The third-order valence-corrected chi connectivity index (χ3v) is 2.22. The Labute approximate surface area is 94.1 Å². The van der Waals surface area contributed by atoms with Crippen LogP contribution in [0, 0.1) is 11.3 Å². The molecule has 0 aliphatic carbocycles. The van der Waals surface area contributed by atoms with Gasteiger partial charge in [-0.1, -0.05) is 18.2 Å². The summed E-state index contributed by atoms with van der Waals surface area (Å²) in [6, 6.07) is 17.0. The van der Waals surface area contributed by atoms with Crippen molar-refractivity contribution in [1.82, 2.24) is 0 Å². The number of nitrogens with one attached hydrogen (secondary N) is 1. The minimum Gasteiger partial charge on any atom is -0.399 e. The summed E-state index contributed by atoms with van der Waals surface area (Å²) in [6.07, 6.45) is 0. The number of para-hydroxylation sites is 1. The summed E-state index contributed by atoms with van der Waals surface area (Å²) in [7, 11) is 0. The molecule has 0 fully saturated rings. The van der Waals surface area contributed by atoms with Crippen molar-refractivity contribution in [2.24, 2.45) is 0 Å². The van der Waals surface area contributed by atoms with Crippen LogP contribution in [0.2, 0.25) is 0 Å². The maximum atomic E-state index is 8.98. The number of benzene rings is 2. The highest BCUT2D eigenvalue weighted by Gasteiger charge is 2.02. The fourth-order valence-electron chi connectivity index (χ4n) is 1.44. The lowest BCUT2D eigenvalue weighted by Gasteiger charge is -2.08. The molecule has 0 amide bonds. The molecule has 0 aliphatic rings. The summed E-state index contributed by atoms with van der Waals surface area (Å²) in [6.45, 7) is 0. The molecular formula is C13H11N3. The molecule has 16 heavy (non-hydrogen) atoms. The van der Waals surface area contributed by atoms with E-state index in [0.29, 0.717) is 11.3 Å². The maximum absolute atomic E-state index is 8.98. The predicted molar refractivity (Wildman–Crippen MR) is 65.3 cm³/mol. The summed E-state index contributed by atoms with van der Waals surface area (Å²) < 4.78 is 0. The molecule has 2 rings (SSSR count). The van der Waals surface area contributed by atoms with Crippen molar-refractivity contribution in [3.05, 3.63) is 54.1 Å². The third-order valence-electron chi connectivity index (χ3n) is 2.22. The van der Waals surface area contributed by atoms with Gasteiger partial charge in [0.15, 0.2) is 0 Å². The highest BCUT2D eigenvalue weighted by Crippen LogP contribution is 2.22. The van der Waals surface area contributed by atoms with E-state index < -0.39 is 0 Å². The summed E-state index contributed by atoms with van der Waals surface area (Å²) in [4.78, 5) is 0. The number of rotatable bonds is 2. The van der Waals surface area contributed by atoms with Gasteiger partial charge in [-0.05, 0) is 30.3 Å². The first kappa shape index (κ1) is 10.1. The second-order valence-electron chi connectivity index (χ2n) is 3.41. The zero-order chi connectivity index (χ0) is 11.4. The minimum atomic E-state index is 0.545. The molecule has 0 aliphatic heterocycles. The summed E-state index contributed by atoms with van der Waals surface area (Å²) >= 11 is 0. The van der Waals surface area contributed by atoms with Gasteiger partial charge in [-0.2, -0.15) is 5.26 Å². The molecular weight excluding hydrogens is 198 g/mol. The van der Waals surface area contributed by atoms with Crippen molar-refractivity contribution in [1.29, 1.82) is 5.26 Å². The lowest BCUT2D eigenvalue weighted by molar-refractivity contribution is 1.46.